The van der Waals surface area contributed by atoms with Crippen molar-refractivity contribution in [2.75, 3.05) is 14.2 Å². The van der Waals surface area contributed by atoms with Crippen molar-refractivity contribution >= 4 is 33.7 Å². The third kappa shape index (κ3) is 4.32. The summed E-state index contributed by atoms with van der Waals surface area (Å²) >= 11 is 3.28. The summed E-state index contributed by atoms with van der Waals surface area (Å²) in [5, 5.41) is 14.9. The largest absolute Gasteiger partial charge is 0.496 e. The average Bonchev–Trinajstić information content (AvgIpc) is 2.61. The second kappa shape index (κ2) is 8.25. The number of carbonyl (C=O) groups is 1. The summed E-state index contributed by atoms with van der Waals surface area (Å²) < 4.78 is 10.8. The van der Waals surface area contributed by atoms with E-state index in [1.54, 1.807) is 24.3 Å². The van der Waals surface area contributed by atoms with E-state index in [-0.39, 0.29) is 11.4 Å². The number of carbonyl (C=O) groups excluding carboxylic acids is 1. The molecule has 0 aliphatic rings. The summed E-state index contributed by atoms with van der Waals surface area (Å²) in [5.41, 5.74) is 2.86. The smallest absolute Gasteiger partial charge is 0.311 e. The molecule has 0 aliphatic heterocycles. The van der Waals surface area contributed by atoms with Crippen LogP contribution in [0, 0.1) is 10.1 Å². The van der Waals surface area contributed by atoms with E-state index in [1.807, 2.05) is 0 Å². The van der Waals surface area contributed by atoms with Gasteiger partial charge in [0, 0.05) is 22.2 Å². The number of ether oxygens (including phenoxy) is 2. The van der Waals surface area contributed by atoms with E-state index in [0.717, 1.165) is 0 Å². The van der Waals surface area contributed by atoms with Crippen molar-refractivity contribution in [3.63, 3.8) is 0 Å². The summed E-state index contributed by atoms with van der Waals surface area (Å²) in [6.07, 6.45) is 1.26. The Morgan fingerprint density at radius 1 is 1.24 bits per heavy atom. The zero-order valence-electron chi connectivity index (χ0n) is 13.4. The Morgan fingerprint density at radius 2 is 1.92 bits per heavy atom. The van der Waals surface area contributed by atoms with E-state index in [9.17, 15) is 14.9 Å². The molecule has 2 rings (SSSR count). The number of rotatable bonds is 6. The number of halogens is 1. The van der Waals surface area contributed by atoms with Crippen LogP contribution in [0.15, 0.2) is 46.0 Å². The number of nitro groups is 1. The summed E-state index contributed by atoms with van der Waals surface area (Å²) in [6, 6.07) is 9.51. The van der Waals surface area contributed by atoms with E-state index >= 15 is 0 Å². The van der Waals surface area contributed by atoms with E-state index in [2.05, 4.69) is 26.5 Å². The second-order valence-corrected chi connectivity index (χ2v) is 5.56. The van der Waals surface area contributed by atoms with Crippen LogP contribution in [0.1, 0.15) is 15.9 Å². The van der Waals surface area contributed by atoms with E-state index in [0.29, 0.717) is 21.3 Å². The standard InChI is InChI=1S/C16H14BrN3O5/c1-24-14-8-15(25-2)13(20(22)23)7-10(14)9-18-19-16(21)11-5-3-4-6-12(11)17/h3-9H,1-2H3,(H,19,21)/b18-9+. The van der Waals surface area contributed by atoms with Crippen LogP contribution in [0.3, 0.4) is 0 Å². The SMILES string of the molecule is COc1cc(OC)c([N+](=O)[O-])cc1/C=N/NC(=O)c1ccccc1Br. The van der Waals surface area contributed by atoms with Crippen LogP contribution in [0.5, 0.6) is 11.5 Å². The van der Waals surface area contributed by atoms with Gasteiger partial charge < -0.3 is 9.47 Å². The van der Waals surface area contributed by atoms with Crippen LogP contribution in [-0.4, -0.2) is 31.3 Å². The maximum atomic E-state index is 12.1. The van der Waals surface area contributed by atoms with Crippen molar-refractivity contribution in [2.24, 2.45) is 5.10 Å². The van der Waals surface area contributed by atoms with Crippen molar-refractivity contribution in [3.05, 3.63) is 62.1 Å². The average molecular weight is 408 g/mol. The fourth-order valence-electron chi connectivity index (χ4n) is 2.02. The van der Waals surface area contributed by atoms with Crippen LogP contribution in [0.2, 0.25) is 0 Å². The topological polar surface area (TPSA) is 103 Å². The first kappa shape index (κ1) is 18.4. The summed E-state index contributed by atoms with van der Waals surface area (Å²) in [7, 11) is 2.74. The summed E-state index contributed by atoms with van der Waals surface area (Å²) in [6.45, 7) is 0. The van der Waals surface area contributed by atoms with Crippen LogP contribution < -0.4 is 14.9 Å². The molecule has 0 atom stereocenters. The quantitative estimate of drug-likeness (QED) is 0.450. The summed E-state index contributed by atoms with van der Waals surface area (Å²) in [4.78, 5) is 22.6. The number of methoxy groups -OCH3 is 2. The Morgan fingerprint density at radius 3 is 2.52 bits per heavy atom. The molecule has 25 heavy (non-hydrogen) atoms. The van der Waals surface area contributed by atoms with Crippen molar-refractivity contribution in [3.8, 4) is 11.5 Å². The first-order valence-electron chi connectivity index (χ1n) is 6.96. The van der Waals surface area contributed by atoms with Gasteiger partial charge in [0.15, 0.2) is 0 Å². The lowest BCUT2D eigenvalue weighted by molar-refractivity contribution is -0.385. The monoisotopic (exact) mass is 407 g/mol. The van der Waals surface area contributed by atoms with Gasteiger partial charge in [-0.25, -0.2) is 5.43 Å². The minimum Gasteiger partial charge on any atom is -0.496 e. The van der Waals surface area contributed by atoms with Crippen molar-refractivity contribution in [1.82, 2.24) is 5.43 Å². The first-order chi connectivity index (χ1) is 12.0. The lowest BCUT2D eigenvalue weighted by Gasteiger charge is -2.08. The van der Waals surface area contributed by atoms with E-state index in [1.165, 1.54) is 32.6 Å². The highest BCUT2D eigenvalue weighted by Gasteiger charge is 2.19. The molecule has 2 aromatic carbocycles. The molecule has 9 heteroatoms. The second-order valence-electron chi connectivity index (χ2n) is 4.70. The molecule has 0 saturated carbocycles. The molecule has 1 amide bonds. The molecular formula is C16H14BrN3O5. The molecule has 1 N–H and O–H groups in total. The zero-order valence-corrected chi connectivity index (χ0v) is 14.9. The van der Waals surface area contributed by atoms with Crippen LogP contribution in [0.25, 0.3) is 0 Å². The molecule has 130 valence electrons. The molecule has 2 aromatic rings. The van der Waals surface area contributed by atoms with Crippen LogP contribution in [0.4, 0.5) is 5.69 Å². The van der Waals surface area contributed by atoms with E-state index in [4.69, 9.17) is 9.47 Å². The molecule has 0 heterocycles. The molecule has 0 fully saturated rings. The molecule has 0 bridgehead atoms. The van der Waals surface area contributed by atoms with Gasteiger partial charge in [-0.3, -0.25) is 14.9 Å². The maximum absolute atomic E-state index is 12.1. The molecule has 0 spiro atoms. The number of benzene rings is 2. The van der Waals surface area contributed by atoms with Gasteiger partial charge in [-0.05, 0) is 28.1 Å². The Bertz CT molecular complexity index is 839. The number of hydrogen-bond donors (Lipinski definition) is 1. The van der Waals surface area contributed by atoms with Gasteiger partial charge in [0.1, 0.15) is 5.75 Å². The highest BCUT2D eigenvalue weighted by molar-refractivity contribution is 9.10. The van der Waals surface area contributed by atoms with E-state index < -0.39 is 10.8 Å². The maximum Gasteiger partial charge on any atom is 0.311 e. The molecular weight excluding hydrogens is 394 g/mol. The van der Waals surface area contributed by atoms with Gasteiger partial charge in [0.2, 0.25) is 5.75 Å². The predicted molar refractivity (Wildman–Crippen MR) is 95.4 cm³/mol. The number of hydrogen-bond acceptors (Lipinski definition) is 6. The van der Waals surface area contributed by atoms with Gasteiger partial charge >= 0.3 is 5.69 Å². The number of nitrogens with one attached hydrogen (secondary N) is 1. The van der Waals surface area contributed by atoms with Gasteiger partial charge in [0.25, 0.3) is 5.91 Å². The molecule has 0 unspecified atom stereocenters. The third-order valence-corrected chi connectivity index (χ3v) is 3.91. The molecule has 8 nitrogen and oxygen atoms in total. The van der Waals surface area contributed by atoms with Gasteiger partial charge in [-0.2, -0.15) is 5.10 Å². The number of nitro benzene ring substituents is 1. The lowest BCUT2D eigenvalue weighted by atomic mass is 10.1. The van der Waals surface area contributed by atoms with Gasteiger partial charge in [0.05, 0.1) is 30.9 Å². The molecule has 0 aromatic heterocycles. The number of hydrazone groups is 1. The molecule has 0 radical (unpaired) electrons. The fourth-order valence-corrected chi connectivity index (χ4v) is 2.48. The minimum atomic E-state index is -0.574. The predicted octanol–water partition coefficient (Wildman–Crippen LogP) is 3.14. The normalized spacial score (nSPS) is 10.5. The Labute approximate surface area is 151 Å². The van der Waals surface area contributed by atoms with Crippen LogP contribution in [-0.2, 0) is 0 Å². The van der Waals surface area contributed by atoms with Gasteiger partial charge in [-0.1, -0.05) is 12.1 Å². The number of nitrogens with zero attached hydrogens (tertiary/aromatic N) is 2. The minimum absolute atomic E-state index is 0.0660. The Balaban J connectivity index is 2.25. The Kier molecular flexibility index (Phi) is 6.07. The fraction of sp³-hybridized carbons (Fsp3) is 0.125. The van der Waals surface area contributed by atoms with Crippen LogP contribution >= 0.6 is 15.9 Å². The third-order valence-electron chi connectivity index (χ3n) is 3.22. The number of amides is 1. The highest BCUT2D eigenvalue weighted by atomic mass is 79.9. The first-order valence-corrected chi connectivity index (χ1v) is 7.75. The molecule has 0 saturated heterocycles. The van der Waals surface area contributed by atoms with Crippen molar-refractivity contribution in [1.29, 1.82) is 0 Å². The zero-order chi connectivity index (χ0) is 18.4. The van der Waals surface area contributed by atoms with Crippen molar-refractivity contribution in [2.45, 2.75) is 0 Å². The van der Waals surface area contributed by atoms with Crippen molar-refractivity contribution < 1.29 is 19.2 Å². The summed E-state index contributed by atoms with van der Waals surface area (Å²) in [5.74, 6) is -0.0386. The molecule has 0 aliphatic carbocycles. The van der Waals surface area contributed by atoms with Gasteiger partial charge in [-0.15, -0.1) is 0 Å². The Hall–Kier alpha value is -2.94. The lowest BCUT2D eigenvalue weighted by Crippen LogP contribution is -2.18. The highest BCUT2D eigenvalue weighted by Crippen LogP contribution is 2.33.